The van der Waals surface area contributed by atoms with E-state index < -0.39 is 0 Å². The molecular formula is C12H15IO2. The van der Waals surface area contributed by atoms with Gasteiger partial charge in [-0.15, -0.1) is 0 Å². The standard InChI is InChI=1S/C12H15IO2/c1-8-5-6-10(15-13)9(7-8)11(14)12(2,3)4/h5-7H,1-4H3. The maximum Gasteiger partial charge on any atom is 0.192 e. The van der Waals surface area contributed by atoms with Crippen molar-refractivity contribution in [2.24, 2.45) is 5.41 Å². The summed E-state index contributed by atoms with van der Waals surface area (Å²) < 4.78 is 5.17. The first-order valence-electron chi connectivity index (χ1n) is 4.80. The van der Waals surface area contributed by atoms with Gasteiger partial charge in [0.1, 0.15) is 5.75 Å². The van der Waals surface area contributed by atoms with Gasteiger partial charge in [0.25, 0.3) is 0 Å². The fourth-order valence-electron chi connectivity index (χ4n) is 1.29. The molecular weight excluding hydrogens is 303 g/mol. The van der Waals surface area contributed by atoms with Crippen LogP contribution in [0, 0.1) is 12.3 Å². The monoisotopic (exact) mass is 318 g/mol. The molecule has 1 aromatic carbocycles. The number of ketones is 1. The molecule has 0 N–H and O–H groups in total. The molecule has 0 amide bonds. The highest BCUT2D eigenvalue weighted by molar-refractivity contribution is 14.1. The molecule has 3 heteroatoms. The predicted octanol–water partition coefficient (Wildman–Crippen LogP) is 3.95. The first-order chi connectivity index (χ1) is 6.86. The van der Waals surface area contributed by atoms with Gasteiger partial charge in [-0.25, -0.2) is 0 Å². The number of aryl methyl sites for hydroxylation is 1. The summed E-state index contributed by atoms with van der Waals surface area (Å²) in [5.74, 6) is 0.749. The lowest BCUT2D eigenvalue weighted by Gasteiger charge is -2.18. The molecule has 0 heterocycles. The fourth-order valence-corrected chi connectivity index (χ4v) is 1.68. The predicted molar refractivity (Wildman–Crippen MR) is 69.6 cm³/mol. The second-order valence-corrected chi connectivity index (χ2v) is 5.10. The molecule has 1 rings (SSSR count). The van der Waals surface area contributed by atoms with Gasteiger partial charge in [0.2, 0.25) is 0 Å². The van der Waals surface area contributed by atoms with E-state index in [2.05, 4.69) is 0 Å². The third kappa shape index (κ3) is 2.93. The maximum atomic E-state index is 12.1. The number of rotatable bonds is 2. The Kier molecular flexibility index (Phi) is 3.76. The molecule has 0 saturated heterocycles. The van der Waals surface area contributed by atoms with Gasteiger partial charge in [-0.05, 0) is 19.1 Å². The average Bonchev–Trinajstić information content (AvgIpc) is 2.15. The highest BCUT2D eigenvalue weighted by Crippen LogP contribution is 2.29. The molecule has 0 fully saturated rings. The molecule has 0 aliphatic heterocycles. The van der Waals surface area contributed by atoms with Gasteiger partial charge in [0.15, 0.2) is 28.8 Å². The van der Waals surface area contributed by atoms with E-state index in [4.69, 9.17) is 3.07 Å². The molecule has 82 valence electrons. The average molecular weight is 318 g/mol. The van der Waals surface area contributed by atoms with Gasteiger partial charge < -0.3 is 3.07 Å². The number of hydrogen-bond acceptors (Lipinski definition) is 2. The summed E-state index contributed by atoms with van der Waals surface area (Å²) in [6.45, 7) is 7.70. The number of Topliss-reactive ketones (excluding diaryl/α,β-unsaturated/α-hetero) is 1. The van der Waals surface area contributed by atoms with Crippen molar-refractivity contribution in [1.29, 1.82) is 0 Å². The molecule has 0 saturated carbocycles. The van der Waals surface area contributed by atoms with Crippen molar-refractivity contribution < 1.29 is 7.86 Å². The van der Waals surface area contributed by atoms with Crippen LogP contribution >= 0.6 is 23.0 Å². The Labute approximate surface area is 105 Å². The van der Waals surface area contributed by atoms with E-state index in [1.54, 1.807) is 23.0 Å². The molecule has 0 aromatic heterocycles. The maximum absolute atomic E-state index is 12.1. The Hall–Kier alpha value is -0.580. The second-order valence-electron chi connectivity index (χ2n) is 4.66. The molecule has 0 bridgehead atoms. The van der Waals surface area contributed by atoms with Crippen LogP contribution in [0.2, 0.25) is 0 Å². The SMILES string of the molecule is Cc1ccc(OI)c(C(=O)C(C)(C)C)c1. The smallest absolute Gasteiger partial charge is 0.192 e. The number of benzene rings is 1. The summed E-state index contributed by atoms with van der Waals surface area (Å²) in [6.07, 6.45) is 0. The topological polar surface area (TPSA) is 26.3 Å². The zero-order chi connectivity index (χ0) is 11.6. The van der Waals surface area contributed by atoms with Crippen LogP contribution < -0.4 is 3.07 Å². The summed E-state index contributed by atoms with van der Waals surface area (Å²) in [7, 11) is 0. The van der Waals surface area contributed by atoms with Crippen LogP contribution in [-0.4, -0.2) is 5.78 Å². The van der Waals surface area contributed by atoms with E-state index in [-0.39, 0.29) is 11.2 Å². The third-order valence-corrected chi connectivity index (χ3v) is 2.62. The van der Waals surface area contributed by atoms with E-state index in [1.807, 2.05) is 45.9 Å². The van der Waals surface area contributed by atoms with Crippen molar-refractivity contribution in [3.05, 3.63) is 29.3 Å². The van der Waals surface area contributed by atoms with Crippen LogP contribution in [0.3, 0.4) is 0 Å². The van der Waals surface area contributed by atoms with E-state index >= 15 is 0 Å². The van der Waals surface area contributed by atoms with Crippen LogP contribution in [0.5, 0.6) is 5.75 Å². The molecule has 0 radical (unpaired) electrons. The summed E-state index contributed by atoms with van der Waals surface area (Å²) in [4.78, 5) is 12.1. The Balaban J connectivity index is 3.23. The van der Waals surface area contributed by atoms with Crippen molar-refractivity contribution in [3.63, 3.8) is 0 Å². The minimum Gasteiger partial charge on any atom is -0.427 e. The number of carbonyl (C=O) groups is 1. The quantitative estimate of drug-likeness (QED) is 0.609. The van der Waals surface area contributed by atoms with Gasteiger partial charge in [0, 0.05) is 5.41 Å². The van der Waals surface area contributed by atoms with E-state index in [0.29, 0.717) is 11.3 Å². The zero-order valence-corrected chi connectivity index (χ0v) is 11.6. The normalized spacial score (nSPS) is 11.3. The lowest BCUT2D eigenvalue weighted by atomic mass is 9.86. The first kappa shape index (κ1) is 12.5. The van der Waals surface area contributed by atoms with Crippen molar-refractivity contribution in [1.82, 2.24) is 0 Å². The molecule has 2 nitrogen and oxygen atoms in total. The zero-order valence-electron chi connectivity index (χ0n) is 9.43. The largest absolute Gasteiger partial charge is 0.427 e. The Bertz CT molecular complexity index is 378. The van der Waals surface area contributed by atoms with Crippen LogP contribution in [0.1, 0.15) is 36.7 Å². The van der Waals surface area contributed by atoms with E-state index in [9.17, 15) is 4.79 Å². The Morgan fingerprint density at radius 3 is 2.40 bits per heavy atom. The Morgan fingerprint density at radius 2 is 1.93 bits per heavy atom. The van der Waals surface area contributed by atoms with Gasteiger partial charge in [0.05, 0.1) is 5.56 Å². The molecule has 0 aliphatic carbocycles. The molecule has 0 aliphatic rings. The number of hydrogen-bond donors (Lipinski definition) is 0. The number of halogens is 1. The number of carbonyl (C=O) groups excluding carboxylic acids is 1. The molecule has 1 aromatic rings. The highest BCUT2D eigenvalue weighted by Gasteiger charge is 2.25. The van der Waals surface area contributed by atoms with Crippen molar-refractivity contribution in [2.75, 3.05) is 0 Å². The van der Waals surface area contributed by atoms with Crippen LogP contribution in [-0.2, 0) is 0 Å². The van der Waals surface area contributed by atoms with Crippen molar-refractivity contribution >= 4 is 28.8 Å². The molecule has 0 atom stereocenters. The second kappa shape index (κ2) is 4.51. The van der Waals surface area contributed by atoms with Gasteiger partial charge in [-0.1, -0.05) is 32.4 Å². The Morgan fingerprint density at radius 1 is 1.33 bits per heavy atom. The van der Waals surface area contributed by atoms with Crippen molar-refractivity contribution in [3.8, 4) is 5.75 Å². The molecule has 0 spiro atoms. The minimum absolute atomic E-state index is 0.109. The third-order valence-electron chi connectivity index (χ3n) is 2.14. The lowest BCUT2D eigenvalue weighted by molar-refractivity contribution is 0.0857. The lowest BCUT2D eigenvalue weighted by Crippen LogP contribution is -2.20. The van der Waals surface area contributed by atoms with Crippen LogP contribution in [0.4, 0.5) is 0 Å². The van der Waals surface area contributed by atoms with Gasteiger partial charge in [-0.2, -0.15) is 0 Å². The van der Waals surface area contributed by atoms with E-state index in [0.717, 1.165) is 5.56 Å². The first-order valence-corrected chi connectivity index (χ1v) is 5.68. The highest BCUT2D eigenvalue weighted by atomic mass is 127. The van der Waals surface area contributed by atoms with Gasteiger partial charge in [-0.3, -0.25) is 4.79 Å². The summed E-state index contributed by atoms with van der Waals surface area (Å²) in [6, 6.07) is 5.65. The van der Waals surface area contributed by atoms with Crippen molar-refractivity contribution in [2.45, 2.75) is 27.7 Å². The van der Waals surface area contributed by atoms with E-state index in [1.165, 1.54) is 0 Å². The minimum atomic E-state index is -0.377. The summed E-state index contributed by atoms with van der Waals surface area (Å²) in [5.41, 5.74) is 1.36. The summed E-state index contributed by atoms with van der Waals surface area (Å²) in [5, 5.41) is 0. The van der Waals surface area contributed by atoms with Gasteiger partial charge >= 0.3 is 0 Å². The summed E-state index contributed by atoms with van der Waals surface area (Å²) >= 11 is 1.80. The molecule has 0 unspecified atom stereocenters. The van der Waals surface area contributed by atoms with Crippen LogP contribution in [0.25, 0.3) is 0 Å². The van der Waals surface area contributed by atoms with Crippen LogP contribution in [0.15, 0.2) is 18.2 Å². The fraction of sp³-hybridized carbons (Fsp3) is 0.417. The molecule has 15 heavy (non-hydrogen) atoms.